The van der Waals surface area contributed by atoms with Gasteiger partial charge in [0.1, 0.15) is 23.7 Å². The molecule has 13 heteroatoms. The summed E-state index contributed by atoms with van der Waals surface area (Å²) < 4.78 is 35.1. The van der Waals surface area contributed by atoms with E-state index in [2.05, 4.69) is 20.3 Å². The molecule has 0 radical (unpaired) electrons. The van der Waals surface area contributed by atoms with E-state index in [1.54, 1.807) is 4.90 Å². The van der Waals surface area contributed by atoms with Crippen LogP contribution in [0.3, 0.4) is 0 Å². The van der Waals surface area contributed by atoms with E-state index in [1.807, 2.05) is 67.6 Å². The highest BCUT2D eigenvalue weighted by molar-refractivity contribution is 7.91. The van der Waals surface area contributed by atoms with Crippen LogP contribution in [-0.4, -0.2) is 71.5 Å². The van der Waals surface area contributed by atoms with E-state index < -0.39 is 50.8 Å². The lowest BCUT2D eigenvalue weighted by Gasteiger charge is -2.30. The van der Waals surface area contributed by atoms with Gasteiger partial charge in [0.05, 0.1) is 22.0 Å². The molecular formula is C35H41N5O6S2. The van der Waals surface area contributed by atoms with Crippen molar-refractivity contribution < 1.29 is 27.5 Å². The molecular weight excluding hydrogens is 651 g/mol. The highest BCUT2D eigenvalue weighted by atomic mass is 32.2. The molecule has 3 aromatic rings. The second-order valence-electron chi connectivity index (χ2n) is 13.5. The fourth-order valence-electron chi connectivity index (χ4n) is 6.79. The largest absolute Gasteiger partial charge is 0.465 e. The number of thiazole rings is 1. The molecule has 2 saturated carbocycles. The van der Waals surface area contributed by atoms with Gasteiger partial charge in [0, 0.05) is 18.0 Å². The monoisotopic (exact) mass is 691 g/mol. The summed E-state index contributed by atoms with van der Waals surface area (Å²) in [5.41, 5.74) is 1.33. The average Bonchev–Trinajstić information content (AvgIpc) is 3.95. The fourth-order valence-corrected chi connectivity index (χ4v) is 9.13. The first-order valence-corrected chi connectivity index (χ1v) is 19.2. The zero-order valence-corrected chi connectivity index (χ0v) is 28.5. The Kier molecular flexibility index (Phi) is 8.92. The molecule has 0 bridgehead atoms. The van der Waals surface area contributed by atoms with Gasteiger partial charge in [0.25, 0.3) is 11.1 Å². The topological polar surface area (TPSA) is 147 Å². The number of hydrogen-bond donors (Lipinski definition) is 3. The summed E-state index contributed by atoms with van der Waals surface area (Å²) >= 11 is 1.42. The Morgan fingerprint density at radius 2 is 1.90 bits per heavy atom. The lowest BCUT2D eigenvalue weighted by atomic mass is 10.0. The molecule has 0 spiro atoms. The number of carbonyl (C=O) groups excluding carboxylic acids is 3. The number of para-hydroxylation sites is 1. The molecule has 2 aliphatic carbocycles. The average molecular weight is 692 g/mol. The first-order chi connectivity index (χ1) is 23.1. The Morgan fingerprint density at radius 1 is 1.08 bits per heavy atom. The quantitative estimate of drug-likeness (QED) is 0.309. The maximum atomic E-state index is 14.4. The number of aromatic nitrogens is 1. The van der Waals surface area contributed by atoms with Crippen molar-refractivity contribution in [1.29, 1.82) is 0 Å². The zero-order valence-electron chi connectivity index (χ0n) is 26.9. The zero-order chi connectivity index (χ0) is 33.5. The van der Waals surface area contributed by atoms with Crippen LogP contribution in [0.4, 0.5) is 5.69 Å². The number of fused-ring (bicyclic) bond motifs is 3. The van der Waals surface area contributed by atoms with Crippen molar-refractivity contribution in [3.63, 3.8) is 0 Å². The number of benzene rings is 2. The number of sulfonamides is 1. The normalized spacial score (nSPS) is 28.7. The molecule has 11 nitrogen and oxygen atoms in total. The summed E-state index contributed by atoms with van der Waals surface area (Å²) in [6.07, 6.45) is 8.91. The molecule has 1 saturated heterocycles. The number of nitrogens with one attached hydrogen (secondary N) is 3. The number of nitrogens with zero attached hydrogens (tertiary/aromatic N) is 2. The third kappa shape index (κ3) is 6.93. The molecule has 48 heavy (non-hydrogen) atoms. The van der Waals surface area contributed by atoms with Crippen LogP contribution in [0, 0.1) is 12.8 Å². The minimum atomic E-state index is -3.82. The van der Waals surface area contributed by atoms with Crippen LogP contribution >= 0.6 is 11.3 Å². The maximum Gasteiger partial charge on any atom is 0.274 e. The molecule has 2 aliphatic heterocycles. The van der Waals surface area contributed by atoms with E-state index in [-0.39, 0.29) is 31.2 Å². The molecule has 3 fully saturated rings. The second-order valence-corrected chi connectivity index (χ2v) is 16.5. The Morgan fingerprint density at radius 3 is 2.69 bits per heavy atom. The predicted octanol–water partition coefficient (Wildman–Crippen LogP) is 4.44. The first-order valence-electron chi connectivity index (χ1n) is 16.8. The van der Waals surface area contributed by atoms with Crippen molar-refractivity contribution in [2.75, 3.05) is 11.9 Å². The number of allylic oxidation sites excluding steroid dienone is 1. The van der Waals surface area contributed by atoms with Crippen molar-refractivity contribution in [1.82, 2.24) is 19.9 Å². The van der Waals surface area contributed by atoms with Gasteiger partial charge >= 0.3 is 0 Å². The van der Waals surface area contributed by atoms with Gasteiger partial charge in [0.2, 0.25) is 21.8 Å². The van der Waals surface area contributed by atoms with Crippen LogP contribution < -0.4 is 20.1 Å². The minimum Gasteiger partial charge on any atom is -0.465 e. The second kappa shape index (κ2) is 13.1. The van der Waals surface area contributed by atoms with Crippen LogP contribution in [0.25, 0.3) is 10.2 Å². The molecule has 7 rings (SSSR count). The number of ether oxygens (including phenoxy) is 1. The van der Waals surface area contributed by atoms with E-state index in [9.17, 15) is 22.8 Å². The van der Waals surface area contributed by atoms with E-state index in [0.717, 1.165) is 47.2 Å². The molecule has 4 aliphatic rings. The van der Waals surface area contributed by atoms with E-state index in [4.69, 9.17) is 4.74 Å². The highest BCUT2D eigenvalue weighted by Crippen LogP contribution is 2.46. The highest BCUT2D eigenvalue weighted by Gasteiger charge is 2.62. The van der Waals surface area contributed by atoms with Gasteiger partial charge in [-0.15, -0.1) is 0 Å². The smallest absolute Gasteiger partial charge is 0.274 e. The third-order valence-corrected chi connectivity index (χ3v) is 12.5. The minimum absolute atomic E-state index is 0.164. The third-order valence-electron chi connectivity index (χ3n) is 9.75. The van der Waals surface area contributed by atoms with Gasteiger partial charge in [-0.1, -0.05) is 60.6 Å². The molecule has 3 heterocycles. The van der Waals surface area contributed by atoms with Gasteiger partial charge in [-0.25, -0.2) is 13.4 Å². The molecule has 3 N–H and O–H groups in total. The van der Waals surface area contributed by atoms with Crippen LogP contribution in [0.2, 0.25) is 0 Å². The Labute approximate surface area is 284 Å². The van der Waals surface area contributed by atoms with E-state index in [0.29, 0.717) is 24.5 Å². The Bertz CT molecular complexity index is 1840. The van der Waals surface area contributed by atoms with Crippen molar-refractivity contribution in [2.24, 2.45) is 5.92 Å². The molecule has 3 amide bonds. The molecule has 1 aromatic heterocycles. The standard InChI is InChI=1S/C35H41N5O6S2/c1-22-14-17-27-30(18-22)47-34(37-27)46-25-19-29-31(41)38-35(33(43)39-48(44,45)26-15-16-26)20-23(35)10-6-3-2-4-9-13-28(32(42)40(29)21-25)36-24-11-7-5-8-12-24/h5-8,10-12,14,17-18,23,25-26,28-29,36H,2-4,9,13,15-16,19-21H2,1H3,(H,38,41)(H,39,43)/b10-6-/t23-,25-,28+,29+,35-/m1/s1. The summed E-state index contributed by atoms with van der Waals surface area (Å²) in [5, 5.41) is 6.22. The van der Waals surface area contributed by atoms with Crippen LogP contribution in [0.1, 0.15) is 63.4 Å². The summed E-state index contributed by atoms with van der Waals surface area (Å²) in [6, 6.07) is 14.0. The van der Waals surface area contributed by atoms with Gasteiger partial charge in [0.15, 0.2) is 0 Å². The Balaban J connectivity index is 1.18. The van der Waals surface area contributed by atoms with Gasteiger partial charge < -0.3 is 20.3 Å². The Hall–Kier alpha value is -3.97. The van der Waals surface area contributed by atoms with E-state index >= 15 is 0 Å². The maximum absolute atomic E-state index is 14.4. The van der Waals surface area contributed by atoms with Crippen molar-refractivity contribution in [3.05, 3.63) is 66.2 Å². The summed E-state index contributed by atoms with van der Waals surface area (Å²) in [4.78, 5) is 48.5. The fraction of sp³-hybridized carbons (Fsp3) is 0.486. The molecule has 5 atom stereocenters. The SMILES string of the molecule is Cc1ccc2nc(O[C@@H]3C[C@H]4C(=O)N[C@]5(C(=O)NS(=O)(=O)C6CC6)C[C@H]5/C=C\CCCCC[C@H](Nc5ccccc5)C(=O)N4C3)sc2c1. The number of anilines is 1. The van der Waals surface area contributed by atoms with E-state index in [1.165, 1.54) is 11.3 Å². The lowest BCUT2D eigenvalue weighted by Crippen LogP contribution is -2.57. The molecule has 254 valence electrons. The van der Waals surface area contributed by atoms with Gasteiger partial charge in [-0.3, -0.25) is 19.1 Å². The number of hydrogen-bond acceptors (Lipinski definition) is 9. The van der Waals surface area contributed by atoms with Gasteiger partial charge in [-0.2, -0.15) is 0 Å². The number of carbonyl (C=O) groups is 3. The van der Waals surface area contributed by atoms with Crippen LogP contribution in [0.5, 0.6) is 5.19 Å². The lowest BCUT2D eigenvalue weighted by molar-refractivity contribution is -0.140. The predicted molar refractivity (Wildman–Crippen MR) is 184 cm³/mol. The molecule has 2 aromatic carbocycles. The first kappa shape index (κ1) is 32.6. The summed E-state index contributed by atoms with van der Waals surface area (Å²) in [6.45, 7) is 2.18. The number of rotatable bonds is 7. The summed E-state index contributed by atoms with van der Waals surface area (Å²) in [7, 11) is -3.82. The molecule has 0 unspecified atom stereocenters. The van der Waals surface area contributed by atoms with Crippen LogP contribution in [0.15, 0.2) is 60.7 Å². The van der Waals surface area contributed by atoms with Gasteiger partial charge in [-0.05, 0) is 75.3 Å². The van der Waals surface area contributed by atoms with Crippen molar-refractivity contribution >= 4 is 55.0 Å². The van der Waals surface area contributed by atoms with Crippen molar-refractivity contribution in [2.45, 2.75) is 93.7 Å². The number of aryl methyl sites for hydroxylation is 1. The van der Waals surface area contributed by atoms with Crippen LogP contribution in [-0.2, 0) is 24.4 Å². The van der Waals surface area contributed by atoms with Crippen molar-refractivity contribution in [3.8, 4) is 5.19 Å². The number of amides is 3. The summed E-state index contributed by atoms with van der Waals surface area (Å²) in [5.74, 6) is -1.80.